The van der Waals surface area contributed by atoms with Crippen LogP contribution in [0.15, 0.2) is 58.5 Å². The van der Waals surface area contributed by atoms with Gasteiger partial charge in [-0.15, -0.1) is 0 Å². The molecule has 0 aromatic heterocycles. The number of hydrazone groups is 1. The molecule has 0 unspecified atom stereocenters. The summed E-state index contributed by atoms with van der Waals surface area (Å²) in [6, 6.07) is 12.7. The molecule has 0 saturated carbocycles. The summed E-state index contributed by atoms with van der Waals surface area (Å²) >= 11 is 11.8. The van der Waals surface area contributed by atoms with Crippen molar-refractivity contribution in [3.05, 3.63) is 64.1 Å². The van der Waals surface area contributed by atoms with E-state index in [1.807, 2.05) is 0 Å². The summed E-state index contributed by atoms with van der Waals surface area (Å²) in [5, 5.41) is 4.39. The van der Waals surface area contributed by atoms with Crippen LogP contribution in [0.2, 0.25) is 10.0 Å². The molecule has 0 radical (unpaired) electrons. The first kappa shape index (κ1) is 18.4. The first-order chi connectivity index (χ1) is 11.4. The Balaban J connectivity index is 1.90. The highest BCUT2D eigenvalue weighted by Gasteiger charge is 2.14. The molecule has 0 saturated heterocycles. The van der Waals surface area contributed by atoms with Crippen molar-refractivity contribution in [3.63, 3.8) is 0 Å². The second-order valence-electron chi connectivity index (χ2n) is 4.57. The van der Waals surface area contributed by atoms with Gasteiger partial charge in [-0.2, -0.15) is 5.10 Å². The standard InChI is InChI=1S/C15H13Cl2N3O3S/c16-13-8-4-5-11(15(13)17)9-18-20-14(21)10-19-24(22,23)12-6-2-1-3-7-12/h1-9,19H,10H2,(H,20,21)/b18-9+. The Morgan fingerprint density at radius 1 is 1.08 bits per heavy atom. The van der Waals surface area contributed by atoms with E-state index in [4.69, 9.17) is 23.2 Å². The molecule has 2 aromatic rings. The zero-order valence-electron chi connectivity index (χ0n) is 12.2. The second-order valence-corrected chi connectivity index (χ2v) is 7.13. The highest BCUT2D eigenvalue weighted by atomic mass is 35.5. The lowest BCUT2D eigenvalue weighted by Gasteiger charge is -2.05. The molecule has 6 nitrogen and oxygen atoms in total. The highest BCUT2D eigenvalue weighted by molar-refractivity contribution is 7.89. The normalized spacial score (nSPS) is 11.6. The molecule has 0 bridgehead atoms. The zero-order valence-corrected chi connectivity index (χ0v) is 14.6. The van der Waals surface area contributed by atoms with Crippen molar-refractivity contribution in [1.82, 2.24) is 10.1 Å². The van der Waals surface area contributed by atoms with Crippen molar-refractivity contribution in [1.29, 1.82) is 0 Å². The van der Waals surface area contributed by atoms with E-state index in [-0.39, 0.29) is 4.90 Å². The molecule has 2 aromatic carbocycles. The number of carbonyl (C=O) groups excluding carboxylic acids is 1. The predicted octanol–water partition coefficient (Wildman–Crippen LogP) is 2.42. The number of hydrogen-bond donors (Lipinski definition) is 2. The van der Waals surface area contributed by atoms with E-state index >= 15 is 0 Å². The molecule has 126 valence electrons. The minimum Gasteiger partial charge on any atom is -0.272 e. The van der Waals surface area contributed by atoms with Crippen LogP contribution < -0.4 is 10.1 Å². The molecule has 2 rings (SSSR count). The minimum absolute atomic E-state index is 0.0759. The second kappa shape index (κ2) is 8.25. The van der Waals surface area contributed by atoms with Crippen molar-refractivity contribution >= 4 is 45.3 Å². The van der Waals surface area contributed by atoms with Crippen LogP contribution >= 0.6 is 23.2 Å². The van der Waals surface area contributed by atoms with Crippen molar-refractivity contribution in [2.24, 2.45) is 5.10 Å². The molecule has 1 amide bonds. The highest BCUT2D eigenvalue weighted by Crippen LogP contribution is 2.24. The summed E-state index contributed by atoms with van der Waals surface area (Å²) in [6.45, 7) is -0.447. The van der Waals surface area contributed by atoms with Crippen LogP contribution in [-0.4, -0.2) is 27.1 Å². The van der Waals surface area contributed by atoms with Gasteiger partial charge in [0.2, 0.25) is 10.0 Å². The summed E-state index contributed by atoms with van der Waals surface area (Å²) in [7, 11) is -3.75. The minimum atomic E-state index is -3.75. The number of nitrogens with one attached hydrogen (secondary N) is 2. The third kappa shape index (κ3) is 5.04. The van der Waals surface area contributed by atoms with E-state index in [9.17, 15) is 13.2 Å². The van der Waals surface area contributed by atoms with Crippen LogP contribution in [0.25, 0.3) is 0 Å². The first-order valence-electron chi connectivity index (χ1n) is 6.71. The Bertz CT molecular complexity index is 856. The predicted molar refractivity (Wildman–Crippen MR) is 93.8 cm³/mol. The van der Waals surface area contributed by atoms with E-state index in [0.29, 0.717) is 15.6 Å². The number of hydrogen-bond acceptors (Lipinski definition) is 4. The molecule has 9 heteroatoms. The van der Waals surface area contributed by atoms with Gasteiger partial charge < -0.3 is 0 Å². The van der Waals surface area contributed by atoms with Gasteiger partial charge in [0.1, 0.15) is 0 Å². The van der Waals surface area contributed by atoms with E-state index in [2.05, 4.69) is 15.2 Å². The fourth-order valence-corrected chi connectivity index (χ4v) is 3.04. The topological polar surface area (TPSA) is 87.6 Å². The van der Waals surface area contributed by atoms with E-state index < -0.39 is 22.5 Å². The number of nitrogens with zero attached hydrogens (tertiary/aromatic N) is 1. The van der Waals surface area contributed by atoms with Crippen molar-refractivity contribution in [2.75, 3.05) is 6.54 Å². The third-order valence-corrected chi connectivity index (χ3v) is 5.10. The summed E-state index contributed by atoms with van der Waals surface area (Å²) < 4.78 is 26.1. The van der Waals surface area contributed by atoms with Gasteiger partial charge in [-0.1, -0.05) is 53.5 Å². The maximum absolute atomic E-state index is 12.0. The van der Waals surface area contributed by atoms with E-state index in [0.717, 1.165) is 0 Å². The Morgan fingerprint density at radius 2 is 1.79 bits per heavy atom. The number of carbonyl (C=O) groups is 1. The van der Waals surface area contributed by atoms with Crippen LogP contribution in [0, 0.1) is 0 Å². The average Bonchev–Trinajstić information content (AvgIpc) is 2.58. The summed E-state index contributed by atoms with van der Waals surface area (Å²) in [5.41, 5.74) is 2.73. The van der Waals surface area contributed by atoms with Crippen molar-refractivity contribution in [2.45, 2.75) is 4.90 Å². The molecule has 0 spiro atoms. The Labute approximate surface area is 149 Å². The van der Waals surface area contributed by atoms with Crippen LogP contribution in [-0.2, 0) is 14.8 Å². The largest absolute Gasteiger partial charge is 0.272 e. The lowest BCUT2D eigenvalue weighted by molar-refractivity contribution is -0.119. The number of amides is 1. The number of halogens is 2. The molecule has 0 heterocycles. The maximum Gasteiger partial charge on any atom is 0.255 e. The lowest BCUT2D eigenvalue weighted by atomic mass is 10.2. The van der Waals surface area contributed by atoms with Crippen LogP contribution in [0.4, 0.5) is 0 Å². The molecule has 24 heavy (non-hydrogen) atoms. The number of sulfonamides is 1. The van der Waals surface area contributed by atoms with Crippen molar-refractivity contribution < 1.29 is 13.2 Å². The molecule has 0 aliphatic carbocycles. The number of rotatable bonds is 6. The summed E-state index contributed by atoms with van der Waals surface area (Å²) in [5.74, 6) is -0.621. The van der Waals surface area contributed by atoms with E-state index in [1.54, 1.807) is 36.4 Å². The van der Waals surface area contributed by atoms with Crippen LogP contribution in [0.5, 0.6) is 0 Å². The summed E-state index contributed by atoms with van der Waals surface area (Å²) in [6.07, 6.45) is 1.32. The van der Waals surface area contributed by atoms with Crippen molar-refractivity contribution in [3.8, 4) is 0 Å². The Kier molecular flexibility index (Phi) is 6.33. The van der Waals surface area contributed by atoms with Gasteiger partial charge in [-0.05, 0) is 18.2 Å². The first-order valence-corrected chi connectivity index (χ1v) is 8.95. The van der Waals surface area contributed by atoms with Gasteiger partial charge in [-0.3, -0.25) is 4.79 Å². The lowest BCUT2D eigenvalue weighted by Crippen LogP contribution is -2.34. The fraction of sp³-hybridized carbons (Fsp3) is 0.0667. The summed E-state index contributed by atoms with van der Waals surface area (Å²) in [4.78, 5) is 11.7. The molecular weight excluding hydrogens is 373 g/mol. The quantitative estimate of drug-likeness (QED) is 0.591. The smallest absolute Gasteiger partial charge is 0.255 e. The monoisotopic (exact) mass is 385 g/mol. The fourth-order valence-electron chi connectivity index (χ4n) is 1.68. The van der Waals surface area contributed by atoms with Gasteiger partial charge in [0, 0.05) is 5.56 Å². The van der Waals surface area contributed by atoms with Gasteiger partial charge in [0.25, 0.3) is 5.91 Å². The van der Waals surface area contributed by atoms with Gasteiger partial charge in [0.05, 0.1) is 27.7 Å². The molecule has 0 aliphatic heterocycles. The maximum atomic E-state index is 12.0. The van der Waals surface area contributed by atoms with Crippen LogP contribution in [0.1, 0.15) is 5.56 Å². The molecule has 2 N–H and O–H groups in total. The van der Waals surface area contributed by atoms with Gasteiger partial charge in [-0.25, -0.2) is 18.6 Å². The zero-order chi connectivity index (χ0) is 17.6. The number of benzene rings is 2. The van der Waals surface area contributed by atoms with Gasteiger partial charge in [0.15, 0.2) is 0 Å². The molecular formula is C15H13Cl2N3O3S. The van der Waals surface area contributed by atoms with E-state index in [1.165, 1.54) is 18.3 Å². The molecule has 0 atom stereocenters. The average molecular weight is 386 g/mol. The Morgan fingerprint density at radius 3 is 2.50 bits per heavy atom. The molecule has 0 fully saturated rings. The SMILES string of the molecule is O=C(CNS(=O)(=O)c1ccccc1)N/N=C/c1cccc(Cl)c1Cl. The Hall–Kier alpha value is -1.93. The molecule has 0 aliphatic rings. The third-order valence-electron chi connectivity index (χ3n) is 2.85. The van der Waals surface area contributed by atoms with Gasteiger partial charge >= 0.3 is 0 Å². The van der Waals surface area contributed by atoms with Crippen LogP contribution in [0.3, 0.4) is 0 Å².